The molecule has 2 heterocycles. The normalized spacial score (nSPS) is 19.9. The molecule has 3 aromatic rings. The number of benzene rings is 2. The second kappa shape index (κ2) is 5.46. The number of hydrogen-bond acceptors (Lipinski definition) is 4. The summed E-state index contributed by atoms with van der Waals surface area (Å²) in [6.45, 7) is 2.07. The number of aryl methyl sites for hydroxylation is 1. The van der Waals surface area contributed by atoms with Crippen LogP contribution in [0.1, 0.15) is 35.2 Å². The van der Waals surface area contributed by atoms with Gasteiger partial charge in [-0.25, -0.2) is 9.07 Å². The third kappa shape index (κ3) is 2.56. The molecule has 1 N–H and O–H groups in total. The number of hydrogen-bond donors (Lipinski definition) is 1. The van der Waals surface area contributed by atoms with Crippen LogP contribution >= 0.6 is 0 Å². The lowest BCUT2D eigenvalue weighted by Crippen LogP contribution is -2.28. The van der Waals surface area contributed by atoms with E-state index in [-0.39, 0.29) is 17.9 Å². The lowest BCUT2D eigenvalue weighted by atomic mass is 9.93. The molecule has 1 aliphatic rings. The molecular weight excluding hydrogens is 293 g/mol. The molecule has 0 unspecified atom stereocenters. The first-order chi connectivity index (χ1) is 11.2. The van der Waals surface area contributed by atoms with Crippen molar-refractivity contribution in [1.82, 2.24) is 20.2 Å². The molecule has 0 aliphatic carbocycles. The first-order valence-electron chi connectivity index (χ1n) is 7.57. The number of halogens is 1. The van der Waals surface area contributed by atoms with Gasteiger partial charge in [-0.1, -0.05) is 47.1 Å². The molecule has 6 heteroatoms. The molecule has 0 saturated heterocycles. The van der Waals surface area contributed by atoms with Crippen LogP contribution < -0.4 is 5.32 Å². The van der Waals surface area contributed by atoms with Crippen LogP contribution in [0.15, 0.2) is 48.5 Å². The molecule has 0 spiro atoms. The van der Waals surface area contributed by atoms with Crippen molar-refractivity contribution in [2.45, 2.75) is 25.4 Å². The van der Waals surface area contributed by atoms with E-state index in [1.165, 1.54) is 23.3 Å². The number of nitrogens with zero attached hydrogens (tertiary/aromatic N) is 4. The highest BCUT2D eigenvalue weighted by Gasteiger charge is 2.30. The van der Waals surface area contributed by atoms with Crippen LogP contribution in [-0.2, 0) is 0 Å². The zero-order valence-corrected chi connectivity index (χ0v) is 12.6. The van der Waals surface area contributed by atoms with Crippen molar-refractivity contribution in [3.8, 4) is 0 Å². The van der Waals surface area contributed by atoms with Crippen LogP contribution in [0.25, 0.3) is 0 Å². The first-order valence-corrected chi connectivity index (χ1v) is 7.57. The quantitative estimate of drug-likeness (QED) is 0.789. The minimum atomic E-state index is -0.241. The molecule has 116 valence electrons. The van der Waals surface area contributed by atoms with Gasteiger partial charge in [-0.15, -0.1) is 0 Å². The molecule has 0 fully saturated rings. The number of anilines is 1. The average Bonchev–Trinajstić information content (AvgIpc) is 3.04. The van der Waals surface area contributed by atoms with Crippen LogP contribution in [0.5, 0.6) is 0 Å². The molecule has 0 radical (unpaired) electrons. The van der Waals surface area contributed by atoms with Crippen molar-refractivity contribution < 1.29 is 4.39 Å². The number of tetrazole rings is 1. The fourth-order valence-corrected chi connectivity index (χ4v) is 3.02. The fourth-order valence-electron chi connectivity index (χ4n) is 3.02. The van der Waals surface area contributed by atoms with Gasteiger partial charge in [0.25, 0.3) is 0 Å². The summed E-state index contributed by atoms with van der Waals surface area (Å²) >= 11 is 0. The Morgan fingerprint density at radius 1 is 1.04 bits per heavy atom. The molecule has 0 saturated carbocycles. The predicted molar refractivity (Wildman–Crippen MR) is 84.5 cm³/mol. The van der Waals surface area contributed by atoms with Crippen LogP contribution in [0, 0.1) is 12.7 Å². The van der Waals surface area contributed by atoms with Gasteiger partial charge in [-0.05, 0) is 47.0 Å². The summed E-state index contributed by atoms with van der Waals surface area (Å²) < 4.78 is 15.0. The molecule has 2 atom stereocenters. The van der Waals surface area contributed by atoms with Gasteiger partial charge < -0.3 is 5.32 Å². The number of nitrogens with one attached hydrogen (secondary N) is 1. The van der Waals surface area contributed by atoms with Crippen molar-refractivity contribution in [1.29, 1.82) is 0 Å². The number of rotatable bonds is 2. The topological polar surface area (TPSA) is 55.6 Å². The Balaban J connectivity index is 1.71. The van der Waals surface area contributed by atoms with E-state index >= 15 is 0 Å². The minimum absolute atomic E-state index is 0.0202. The number of aromatic nitrogens is 4. The zero-order chi connectivity index (χ0) is 15.8. The van der Waals surface area contributed by atoms with E-state index in [2.05, 4.69) is 52.0 Å². The zero-order valence-electron chi connectivity index (χ0n) is 12.6. The van der Waals surface area contributed by atoms with Gasteiger partial charge in [-0.2, -0.15) is 0 Å². The summed E-state index contributed by atoms with van der Waals surface area (Å²) in [6.07, 6.45) is 0.798. The molecule has 5 nitrogen and oxygen atoms in total. The van der Waals surface area contributed by atoms with E-state index in [9.17, 15) is 4.39 Å². The molecule has 1 aliphatic heterocycles. The Morgan fingerprint density at radius 3 is 2.48 bits per heavy atom. The second-order valence-electron chi connectivity index (χ2n) is 5.86. The predicted octanol–water partition coefficient (Wildman–Crippen LogP) is 3.27. The van der Waals surface area contributed by atoms with E-state index in [1.54, 1.807) is 16.8 Å². The Labute approximate surface area is 133 Å². The summed E-state index contributed by atoms with van der Waals surface area (Å²) in [5.41, 5.74) is 3.42. The molecule has 1 aromatic heterocycles. The smallest absolute Gasteiger partial charge is 0.243 e. The summed E-state index contributed by atoms with van der Waals surface area (Å²) in [7, 11) is 0. The van der Waals surface area contributed by atoms with Crippen molar-refractivity contribution in [3.05, 3.63) is 71.0 Å². The van der Waals surface area contributed by atoms with Gasteiger partial charge in [0.2, 0.25) is 5.95 Å². The van der Waals surface area contributed by atoms with E-state index in [4.69, 9.17) is 0 Å². The summed E-state index contributed by atoms with van der Waals surface area (Å²) in [5, 5.41) is 15.3. The summed E-state index contributed by atoms with van der Waals surface area (Å²) in [4.78, 5) is 0. The van der Waals surface area contributed by atoms with E-state index in [0.717, 1.165) is 12.0 Å². The summed E-state index contributed by atoms with van der Waals surface area (Å²) in [6, 6.07) is 15.1. The Bertz CT molecular complexity index is 810. The van der Waals surface area contributed by atoms with E-state index < -0.39 is 0 Å². The van der Waals surface area contributed by atoms with E-state index in [1.807, 2.05) is 0 Å². The first kappa shape index (κ1) is 13.9. The molecule has 23 heavy (non-hydrogen) atoms. The summed E-state index contributed by atoms with van der Waals surface area (Å²) in [5.74, 6) is 0.394. The van der Waals surface area contributed by atoms with Gasteiger partial charge >= 0.3 is 0 Å². The molecular formula is C17H16FN5. The second-order valence-corrected chi connectivity index (χ2v) is 5.86. The van der Waals surface area contributed by atoms with Crippen molar-refractivity contribution >= 4 is 5.95 Å². The Morgan fingerprint density at radius 2 is 1.74 bits per heavy atom. The largest absolute Gasteiger partial charge is 0.346 e. The van der Waals surface area contributed by atoms with Crippen molar-refractivity contribution in [2.75, 3.05) is 5.32 Å². The van der Waals surface area contributed by atoms with Crippen LogP contribution in [-0.4, -0.2) is 20.2 Å². The highest BCUT2D eigenvalue weighted by atomic mass is 19.1. The third-order valence-electron chi connectivity index (χ3n) is 4.28. The lowest BCUT2D eigenvalue weighted by molar-refractivity contribution is 0.423. The Hall–Kier alpha value is -2.76. The average molecular weight is 309 g/mol. The SMILES string of the molecule is Cc1ccc([C@@H]2C[C@@H](c3ccc(F)cc3)n3nnnc3N2)cc1. The Kier molecular flexibility index (Phi) is 3.29. The maximum Gasteiger partial charge on any atom is 0.243 e. The maximum absolute atomic E-state index is 13.2. The van der Waals surface area contributed by atoms with Crippen LogP contribution in [0.4, 0.5) is 10.3 Å². The van der Waals surface area contributed by atoms with Gasteiger partial charge in [-0.3, -0.25) is 0 Å². The van der Waals surface area contributed by atoms with Gasteiger partial charge in [0, 0.05) is 0 Å². The van der Waals surface area contributed by atoms with Crippen LogP contribution in [0.3, 0.4) is 0 Å². The van der Waals surface area contributed by atoms with Crippen LogP contribution in [0.2, 0.25) is 0 Å². The monoisotopic (exact) mass is 309 g/mol. The molecule has 0 amide bonds. The van der Waals surface area contributed by atoms with Crippen molar-refractivity contribution in [3.63, 3.8) is 0 Å². The van der Waals surface area contributed by atoms with Gasteiger partial charge in [0.05, 0.1) is 12.1 Å². The highest BCUT2D eigenvalue weighted by molar-refractivity contribution is 5.38. The van der Waals surface area contributed by atoms with Gasteiger partial charge in [0.1, 0.15) is 5.82 Å². The highest BCUT2D eigenvalue weighted by Crippen LogP contribution is 2.36. The van der Waals surface area contributed by atoms with E-state index in [0.29, 0.717) is 5.95 Å². The number of fused-ring (bicyclic) bond motifs is 1. The lowest BCUT2D eigenvalue weighted by Gasteiger charge is -2.31. The molecule has 4 rings (SSSR count). The maximum atomic E-state index is 13.2. The van der Waals surface area contributed by atoms with Gasteiger partial charge in [0.15, 0.2) is 0 Å². The van der Waals surface area contributed by atoms with Crippen molar-refractivity contribution in [2.24, 2.45) is 0 Å². The standard InChI is InChI=1S/C17H16FN5/c1-11-2-4-12(5-3-11)15-10-16(13-6-8-14(18)9-7-13)23-17(19-15)20-21-22-23/h2-9,15-16H,10H2,1H3,(H,19,20,22)/t15-,16-/m0/s1. The minimum Gasteiger partial charge on any atom is -0.346 e. The fraction of sp³-hybridized carbons (Fsp3) is 0.235. The molecule has 2 aromatic carbocycles. The third-order valence-corrected chi connectivity index (χ3v) is 4.28. The molecule has 0 bridgehead atoms.